The van der Waals surface area contributed by atoms with Crippen molar-refractivity contribution in [3.8, 4) is 0 Å². The number of hydrogen-bond acceptors (Lipinski definition) is 2. The maximum absolute atomic E-state index is 11.1. The first-order chi connectivity index (χ1) is 7.16. The van der Waals surface area contributed by atoms with Crippen LogP contribution in [0.1, 0.15) is 26.2 Å². The van der Waals surface area contributed by atoms with E-state index in [0.29, 0.717) is 19.4 Å². The lowest BCUT2D eigenvalue weighted by Crippen LogP contribution is -2.22. The second-order valence-electron chi connectivity index (χ2n) is 3.03. The van der Waals surface area contributed by atoms with Gasteiger partial charge >= 0.3 is 5.97 Å². The van der Waals surface area contributed by atoms with Crippen molar-refractivity contribution in [3.05, 3.63) is 24.3 Å². The fraction of sp³-hybridized carbons (Fsp3) is 0.455. The second-order valence-corrected chi connectivity index (χ2v) is 3.03. The number of carbonyl (C=O) groups excluding carboxylic acids is 1. The Morgan fingerprint density at radius 1 is 1.27 bits per heavy atom. The molecule has 84 valence electrons. The maximum Gasteiger partial charge on any atom is 0.303 e. The molecule has 0 fully saturated rings. The standard InChI is InChI=1S/C11H17NO3/c1-2-3-4-7-10(13)12-9-6-5-8-11(14)15/h2-4,7H,5-6,8-9H2,1H3,(H,12,13)(H,14,15)/b3-2+,7-4?. The first-order valence-electron chi connectivity index (χ1n) is 4.95. The Balaban J connectivity index is 3.43. The third kappa shape index (κ3) is 10.3. The lowest BCUT2D eigenvalue weighted by atomic mass is 10.2. The number of nitrogens with one attached hydrogen (secondary N) is 1. The van der Waals surface area contributed by atoms with E-state index in [2.05, 4.69) is 5.32 Å². The lowest BCUT2D eigenvalue weighted by Gasteiger charge is -2.00. The van der Waals surface area contributed by atoms with Gasteiger partial charge < -0.3 is 10.4 Å². The molecule has 0 saturated carbocycles. The van der Waals surface area contributed by atoms with E-state index < -0.39 is 5.97 Å². The molecule has 0 aromatic carbocycles. The number of unbranched alkanes of at least 4 members (excludes halogenated alkanes) is 1. The molecule has 0 unspecified atom stereocenters. The molecule has 0 aliphatic heterocycles. The minimum Gasteiger partial charge on any atom is -0.481 e. The summed E-state index contributed by atoms with van der Waals surface area (Å²) in [4.78, 5) is 21.2. The van der Waals surface area contributed by atoms with Crippen LogP contribution >= 0.6 is 0 Å². The quantitative estimate of drug-likeness (QED) is 0.381. The van der Waals surface area contributed by atoms with Gasteiger partial charge in [-0.1, -0.05) is 18.2 Å². The van der Waals surface area contributed by atoms with Crippen LogP contribution < -0.4 is 5.32 Å². The van der Waals surface area contributed by atoms with E-state index >= 15 is 0 Å². The number of allylic oxidation sites excluding steroid dienone is 3. The van der Waals surface area contributed by atoms with Crippen LogP contribution in [0.25, 0.3) is 0 Å². The highest BCUT2D eigenvalue weighted by atomic mass is 16.4. The Morgan fingerprint density at radius 2 is 2.00 bits per heavy atom. The summed E-state index contributed by atoms with van der Waals surface area (Å²) < 4.78 is 0. The summed E-state index contributed by atoms with van der Waals surface area (Å²) in [6, 6.07) is 0. The van der Waals surface area contributed by atoms with Crippen molar-refractivity contribution >= 4 is 11.9 Å². The molecule has 0 aliphatic carbocycles. The van der Waals surface area contributed by atoms with Gasteiger partial charge in [-0.2, -0.15) is 0 Å². The summed E-state index contributed by atoms with van der Waals surface area (Å²) in [6.45, 7) is 2.39. The first-order valence-corrected chi connectivity index (χ1v) is 4.95. The van der Waals surface area contributed by atoms with Crippen molar-refractivity contribution in [1.82, 2.24) is 5.32 Å². The van der Waals surface area contributed by atoms with E-state index in [1.807, 2.05) is 13.0 Å². The zero-order chi connectivity index (χ0) is 11.5. The van der Waals surface area contributed by atoms with E-state index in [1.165, 1.54) is 6.08 Å². The highest BCUT2D eigenvalue weighted by Gasteiger charge is 1.97. The molecule has 4 heteroatoms. The zero-order valence-corrected chi connectivity index (χ0v) is 8.90. The Labute approximate surface area is 89.7 Å². The normalized spacial score (nSPS) is 11.0. The minimum absolute atomic E-state index is 0.150. The molecule has 0 rings (SSSR count). The molecule has 0 bridgehead atoms. The molecule has 4 nitrogen and oxygen atoms in total. The van der Waals surface area contributed by atoms with Gasteiger partial charge in [0.25, 0.3) is 0 Å². The van der Waals surface area contributed by atoms with Gasteiger partial charge in [-0.15, -0.1) is 0 Å². The summed E-state index contributed by atoms with van der Waals surface area (Å²) in [5.74, 6) is -0.947. The third-order valence-electron chi connectivity index (χ3n) is 1.67. The minimum atomic E-state index is -0.797. The van der Waals surface area contributed by atoms with Crippen LogP contribution in [0.2, 0.25) is 0 Å². The fourth-order valence-corrected chi connectivity index (χ4v) is 0.926. The van der Waals surface area contributed by atoms with Gasteiger partial charge in [-0.3, -0.25) is 9.59 Å². The van der Waals surface area contributed by atoms with Crippen molar-refractivity contribution in [3.63, 3.8) is 0 Å². The highest BCUT2D eigenvalue weighted by Crippen LogP contribution is 1.93. The van der Waals surface area contributed by atoms with Gasteiger partial charge in [0.15, 0.2) is 0 Å². The van der Waals surface area contributed by atoms with Crippen molar-refractivity contribution < 1.29 is 14.7 Å². The molecule has 0 aromatic heterocycles. The van der Waals surface area contributed by atoms with Gasteiger partial charge in [0.1, 0.15) is 0 Å². The van der Waals surface area contributed by atoms with E-state index in [9.17, 15) is 9.59 Å². The number of amides is 1. The average Bonchev–Trinajstić information content (AvgIpc) is 2.17. The Bertz CT molecular complexity index is 257. The van der Waals surface area contributed by atoms with Crippen molar-refractivity contribution in [1.29, 1.82) is 0 Å². The molecule has 0 radical (unpaired) electrons. The maximum atomic E-state index is 11.1. The lowest BCUT2D eigenvalue weighted by molar-refractivity contribution is -0.137. The van der Waals surface area contributed by atoms with Crippen LogP contribution in [-0.4, -0.2) is 23.5 Å². The monoisotopic (exact) mass is 211 g/mol. The smallest absolute Gasteiger partial charge is 0.303 e. The summed E-state index contributed by atoms with van der Waals surface area (Å²) in [7, 11) is 0. The number of carboxylic acids is 1. The molecule has 15 heavy (non-hydrogen) atoms. The molecule has 0 saturated heterocycles. The molecular weight excluding hydrogens is 194 g/mol. The summed E-state index contributed by atoms with van der Waals surface area (Å²) in [6.07, 6.45) is 8.14. The SMILES string of the molecule is C/C=C/C=CC(=O)NCCCCC(=O)O. The van der Waals surface area contributed by atoms with Crippen LogP contribution in [0, 0.1) is 0 Å². The number of hydrogen-bond donors (Lipinski definition) is 2. The van der Waals surface area contributed by atoms with Crippen LogP contribution in [0.3, 0.4) is 0 Å². The van der Waals surface area contributed by atoms with Crippen LogP contribution in [0.5, 0.6) is 0 Å². The molecule has 0 atom stereocenters. The van der Waals surface area contributed by atoms with Gasteiger partial charge in [0.05, 0.1) is 0 Å². The molecule has 2 N–H and O–H groups in total. The number of aliphatic carboxylic acids is 1. The summed E-state index contributed by atoms with van der Waals surface area (Å²) in [5.41, 5.74) is 0. The topological polar surface area (TPSA) is 66.4 Å². The number of carboxylic acid groups (broad SMARTS) is 1. The number of carbonyl (C=O) groups is 2. The Kier molecular flexibility index (Phi) is 8.05. The molecule has 0 spiro atoms. The van der Waals surface area contributed by atoms with Gasteiger partial charge in [-0.05, 0) is 19.8 Å². The van der Waals surface area contributed by atoms with Crippen LogP contribution in [-0.2, 0) is 9.59 Å². The van der Waals surface area contributed by atoms with E-state index in [0.717, 1.165) is 0 Å². The van der Waals surface area contributed by atoms with Crippen molar-refractivity contribution in [2.45, 2.75) is 26.2 Å². The van der Waals surface area contributed by atoms with Crippen LogP contribution in [0.4, 0.5) is 0 Å². The molecule has 1 amide bonds. The van der Waals surface area contributed by atoms with Gasteiger partial charge in [-0.25, -0.2) is 0 Å². The fourth-order valence-electron chi connectivity index (χ4n) is 0.926. The molecule has 0 heterocycles. The first kappa shape index (κ1) is 13.4. The van der Waals surface area contributed by atoms with E-state index in [-0.39, 0.29) is 12.3 Å². The van der Waals surface area contributed by atoms with E-state index in [4.69, 9.17) is 5.11 Å². The average molecular weight is 211 g/mol. The third-order valence-corrected chi connectivity index (χ3v) is 1.67. The van der Waals surface area contributed by atoms with Crippen LogP contribution in [0.15, 0.2) is 24.3 Å². The predicted octanol–water partition coefficient (Wildman–Crippen LogP) is 1.49. The number of rotatable bonds is 7. The molecular formula is C11H17NO3. The van der Waals surface area contributed by atoms with Gasteiger partial charge in [0.2, 0.25) is 5.91 Å². The van der Waals surface area contributed by atoms with Crippen molar-refractivity contribution in [2.75, 3.05) is 6.54 Å². The highest BCUT2D eigenvalue weighted by molar-refractivity contribution is 5.87. The Morgan fingerprint density at radius 3 is 2.60 bits per heavy atom. The molecule has 0 aliphatic rings. The van der Waals surface area contributed by atoms with Crippen molar-refractivity contribution in [2.24, 2.45) is 0 Å². The predicted molar refractivity (Wildman–Crippen MR) is 58.5 cm³/mol. The largest absolute Gasteiger partial charge is 0.481 e. The summed E-state index contributed by atoms with van der Waals surface area (Å²) >= 11 is 0. The Hall–Kier alpha value is -1.58. The second kappa shape index (κ2) is 8.99. The van der Waals surface area contributed by atoms with Gasteiger partial charge in [0, 0.05) is 19.0 Å². The molecule has 0 aromatic rings. The zero-order valence-electron chi connectivity index (χ0n) is 8.90. The summed E-state index contributed by atoms with van der Waals surface area (Å²) in [5, 5.41) is 11.0. The van der Waals surface area contributed by atoms with E-state index in [1.54, 1.807) is 12.2 Å².